The second-order valence-electron chi connectivity index (χ2n) is 9.06. The molecule has 0 aromatic carbocycles. The molecule has 208 valence electrons. The summed E-state index contributed by atoms with van der Waals surface area (Å²) in [5, 5.41) is 10.6. The summed E-state index contributed by atoms with van der Waals surface area (Å²) in [5.74, 6) is 1.31. The molecule has 0 aliphatic carbocycles. The molecule has 6 rings (SSSR count). The van der Waals surface area contributed by atoms with Crippen LogP contribution in [0.1, 0.15) is 54.0 Å². The quantitative estimate of drug-likeness (QED) is 0.221. The van der Waals surface area contributed by atoms with Crippen molar-refractivity contribution in [3.8, 4) is 46.3 Å². The second-order valence-corrected chi connectivity index (χ2v) is 9.06. The minimum Gasteiger partial charge on any atom is -0.446 e. The number of carbonyl (C=O) groups excluding carboxylic acids is 1. The van der Waals surface area contributed by atoms with Crippen molar-refractivity contribution in [2.24, 2.45) is 11.7 Å². The normalized spacial score (nSPS) is 13.4. The number of aromatic nitrogens is 6. The van der Waals surface area contributed by atoms with Crippen LogP contribution in [-0.2, 0) is 0 Å². The van der Waals surface area contributed by atoms with E-state index in [1.54, 1.807) is 0 Å². The van der Waals surface area contributed by atoms with E-state index in [4.69, 9.17) is 32.2 Å². The van der Waals surface area contributed by atoms with Crippen LogP contribution in [0.25, 0.3) is 52.4 Å². The van der Waals surface area contributed by atoms with Gasteiger partial charge in [0.2, 0.25) is 35.3 Å². The smallest absolute Gasteiger partial charge is 0.249 e. The zero-order valence-electron chi connectivity index (χ0n) is 21.5. The molecule has 0 fully saturated rings. The SMILES string of the molecule is CC(C)C(N)c1nc(-c2nc(-c3nc(C(O)/C=C/c4nc(-c5nc(-c6nc(C=O)co6)co5)co4)co3)co2)co1. The Morgan fingerprint density at radius 1 is 0.707 bits per heavy atom. The van der Waals surface area contributed by atoms with Crippen molar-refractivity contribution >= 4 is 12.4 Å². The minimum absolute atomic E-state index is 0.126. The zero-order valence-corrected chi connectivity index (χ0v) is 21.5. The molecule has 0 spiro atoms. The van der Waals surface area contributed by atoms with E-state index < -0.39 is 6.10 Å². The highest BCUT2D eigenvalue weighted by Crippen LogP contribution is 2.28. The maximum Gasteiger partial charge on any atom is 0.249 e. The number of hydrogen-bond acceptors (Lipinski definition) is 15. The maximum atomic E-state index is 10.8. The minimum atomic E-state index is -1.14. The van der Waals surface area contributed by atoms with E-state index in [0.29, 0.717) is 29.3 Å². The van der Waals surface area contributed by atoms with Gasteiger partial charge in [-0.3, -0.25) is 4.79 Å². The van der Waals surface area contributed by atoms with Crippen LogP contribution < -0.4 is 5.73 Å². The fraction of sp³-hybridized carbons (Fsp3) is 0.192. The lowest BCUT2D eigenvalue weighted by Crippen LogP contribution is -2.16. The lowest BCUT2D eigenvalue weighted by Gasteiger charge is -2.10. The summed E-state index contributed by atoms with van der Waals surface area (Å²) in [6.45, 7) is 3.93. The molecule has 0 radical (unpaired) electrons. The van der Waals surface area contributed by atoms with E-state index in [9.17, 15) is 9.90 Å². The number of rotatable bonds is 10. The van der Waals surface area contributed by atoms with Crippen molar-refractivity contribution in [1.82, 2.24) is 29.9 Å². The van der Waals surface area contributed by atoms with Gasteiger partial charge in [-0.15, -0.1) is 0 Å². The van der Waals surface area contributed by atoms with E-state index in [1.807, 2.05) is 13.8 Å². The lowest BCUT2D eigenvalue weighted by molar-refractivity contribution is 0.111. The summed E-state index contributed by atoms with van der Waals surface area (Å²) in [6, 6.07) is -0.358. The number of nitrogens with zero attached hydrogens (tertiary/aromatic N) is 6. The first-order valence-corrected chi connectivity index (χ1v) is 12.2. The number of aliphatic hydroxyl groups excluding tert-OH is 1. The number of hydrogen-bond donors (Lipinski definition) is 2. The first kappa shape index (κ1) is 25.8. The fourth-order valence-corrected chi connectivity index (χ4v) is 3.54. The van der Waals surface area contributed by atoms with Crippen LogP contribution in [0.15, 0.2) is 70.2 Å². The first-order chi connectivity index (χ1) is 19.9. The van der Waals surface area contributed by atoms with Crippen LogP contribution in [0, 0.1) is 5.92 Å². The van der Waals surface area contributed by atoms with E-state index in [1.165, 1.54) is 49.7 Å². The Balaban J connectivity index is 1.11. The molecule has 3 N–H and O–H groups in total. The van der Waals surface area contributed by atoms with Gasteiger partial charge in [-0.25, -0.2) is 29.9 Å². The molecular formula is C26H21N7O8. The van der Waals surface area contributed by atoms with Gasteiger partial charge in [0.1, 0.15) is 55.1 Å². The van der Waals surface area contributed by atoms with E-state index in [2.05, 4.69) is 29.9 Å². The number of carbonyl (C=O) groups is 1. The molecule has 15 nitrogen and oxygen atoms in total. The Hall–Kier alpha value is -5.41. The molecule has 0 aliphatic rings. The fourth-order valence-electron chi connectivity index (χ4n) is 3.54. The predicted octanol–water partition coefficient (Wildman–Crippen LogP) is 4.50. The molecule has 2 unspecified atom stereocenters. The van der Waals surface area contributed by atoms with Crippen molar-refractivity contribution < 1.29 is 36.4 Å². The molecule has 6 aromatic rings. The molecule has 6 aromatic heterocycles. The molecule has 0 saturated heterocycles. The predicted molar refractivity (Wildman–Crippen MR) is 136 cm³/mol. The van der Waals surface area contributed by atoms with Gasteiger partial charge in [-0.05, 0) is 18.1 Å². The topological polar surface area (TPSA) is 219 Å². The third-order valence-corrected chi connectivity index (χ3v) is 5.82. The Morgan fingerprint density at radius 3 is 1.95 bits per heavy atom. The van der Waals surface area contributed by atoms with Gasteiger partial charge in [0.15, 0.2) is 29.1 Å². The number of oxazole rings is 6. The van der Waals surface area contributed by atoms with E-state index in [-0.39, 0.29) is 58.5 Å². The maximum absolute atomic E-state index is 10.8. The molecule has 2 atom stereocenters. The number of nitrogens with two attached hydrogens (primary N) is 1. The average molecular weight is 559 g/mol. The van der Waals surface area contributed by atoms with Gasteiger partial charge >= 0.3 is 0 Å². The molecular weight excluding hydrogens is 538 g/mol. The van der Waals surface area contributed by atoms with Crippen molar-refractivity contribution in [3.63, 3.8) is 0 Å². The van der Waals surface area contributed by atoms with Gasteiger partial charge in [-0.1, -0.05) is 13.8 Å². The second kappa shape index (κ2) is 10.6. The average Bonchev–Trinajstić information content (AvgIpc) is 3.82. The summed E-state index contributed by atoms with van der Waals surface area (Å²) in [5.41, 5.74) is 7.69. The van der Waals surface area contributed by atoms with E-state index >= 15 is 0 Å². The van der Waals surface area contributed by atoms with Gasteiger partial charge in [0, 0.05) is 0 Å². The number of aliphatic hydroxyl groups is 1. The van der Waals surface area contributed by atoms with Gasteiger partial charge in [-0.2, -0.15) is 0 Å². The molecule has 0 aliphatic heterocycles. The monoisotopic (exact) mass is 559 g/mol. The number of aldehydes is 1. The molecule has 0 saturated carbocycles. The lowest BCUT2D eigenvalue weighted by atomic mass is 10.1. The van der Waals surface area contributed by atoms with Gasteiger partial charge in [0.05, 0.1) is 6.04 Å². The summed E-state index contributed by atoms with van der Waals surface area (Å²) in [7, 11) is 0. The molecule has 15 heteroatoms. The zero-order chi connectivity index (χ0) is 28.5. The third kappa shape index (κ3) is 5.26. The summed E-state index contributed by atoms with van der Waals surface area (Å²) in [4.78, 5) is 36.2. The largest absolute Gasteiger partial charge is 0.446 e. The molecule has 6 heterocycles. The highest BCUT2D eigenvalue weighted by molar-refractivity contribution is 5.72. The highest BCUT2D eigenvalue weighted by atomic mass is 16.4. The van der Waals surface area contributed by atoms with Crippen LogP contribution >= 0.6 is 0 Å². The molecule has 0 amide bonds. The van der Waals surface area contributed by atoms with Crippen LogP contribution in [0.3, 0.4) is 0 Å². The Kier molecular flexibility index (Phi) is 6.70. The van der Waals surface area contributed by atoms with Crippen molar-refractivity contribution in [2.75, 3.05) is 0 Å². The summed E-state index contributed by atoms with van der Waals surface area (Å²) in [6.07, 6.45) is 10.2. The van der Waals surface area contributed by atoms with Crippen LogP contribution in [0.2, 0.25) is 0 Å². The highest BCUT2D eigenvalue weighted by Gasteiger charge is 2.21. The summed E-state index contributed by atoms with van der Waals surface area (Å²) < 4.78 is 32.4. The van der Waals surface area contributed by atoms with Crippen LogP contribution in [0.5, 0.6) is 0 Å². The molecule has 0 bridgehead atoms. The standard InChI is InChI=1S/C26H21N7O8/c1-12(2)21(27)26-33-18(11-41-26)25-32-17(10-40-25)24-30-14(7-38-24)19(35)3-4-20-29-15(8-36-20)23-31-16(9-39-23)22-28-13(5-34)6-37-22/h3-12,19,21,35H,27H2,1-2H3/b4-3+. The van der Waals surface area contributed by atoms with Crippen molar-refractivity contribution in [1.29, 1.82) is 0 Å². The Morgan fingerprint density at radius 2 is 1.27 bits per heavy atom. The first-order valence-electron chi connectivity index (χ1n) is 12.2. The van der Waals surface area contributed by atoms with Gasteiger partial charge < -0.3 is 37.3 Å². The van der Waals surface area contributed by atoms with Crippen LogP contribution in [-0.4, -0.2) is 41.3 Å². The summed E-state index contributed by atoms with van der Waals surface area (Å²) >= 11 is 0. The van der Waals surface area contributed by atoms with E-state index in [0.717, 1.165) is 0 Å². The Labute approximate surface area is 229 Å². The Bertz CT molecular complexity index is 1820. The van der Waals surface area contributed by atoms with Crippen molar-refractivity contribution in [3.05, 3.63) is 66.8 Å². The third-order valence-electron chi connectivity index (χ3n) is 5.82. The van der Waals surface area contributed by atoms with Crippen LogP contribution in [0.4, 0.5) is 0 Å². The van der Waals surface area contributed by atoms with Gasteiger partial charge in [0.25, 0.3) is 0 Å². The molecule has 41 heavy (non-hydrogen) atoms. The van der Waals surface area contributed by atoms with Crippen molar-refractivity contribution in [2.45, 2.75) is 26.0 Å².